The van der Waals surface area contributed by atoms with Gasteiger partial charge >= 0.3 is 0 Å². The molecule has 9 heteroatoms. The molecule has 0 aromatic rings. The maximum absolute atomic E-state index is 13.8. The van der Waals surface area contributed by atoms with Gasteiger partial charge in [-0.1, -0.05) is 41.5 Å². The zero-order valence-corrected chi connectivity index (χ0v) is 20.1. The first-order chi connectivity index (χ1) is 14.0. The van der Waals surface area contributed by atoms with Crippen LogP contribution >= 0.6 is 0 Å². The van der Waals surface area contributed by atoms with Gasteiger partial charge in [-0.05, 0) is 38.0 Å². The van der Waals surface area contributed by atoms with E-state index >= 15 is 0 Å². The molecule has 0 heterocycles. The quantitative estimate of drug-likeness (QED) is 0.347. The van der Waals surface area contributed by atoms with Crippen LogP contribution in [0.5, 0.6) is 0 Å². The van der Waals surface area contributed by atoms with Gasteiger partial charge in [0.15, 0.2) is 0 Å². The summed E-state index contributed by atoms with van der Waals surface area (Å²) >= 11 is 0. The maximum Gasteiger partial charge on any atom is 0.247 e. The van der Waals surface area contributed by atoms with Crippen molar-refractivity contribution in [1.82, 2.24) is 16.0 Å². The van der Waals surface area contributed by atoms with Crippen molar-refractivity contribution in [2.45, 2.75) is 105 Å². The van der Waals surface area contributed by atoms with E-state index in [2.05, 4.69) is 16.0 Å². The van der Waals surface area contributed by atoms with Crippen LogP contribution in [0.1, 0.15) is 74.7 Å². The van der Waals surface area contributed by atoms with Gasteiger partial charge in [0.2, 0.25) is 23.6 Å². The molecule has 0 bridgehead atoms. The summed E-state index contributed by atoms with van der Waals surface area (Å²) < 4.78 is 27.5. The van der Waals surface area contributed by atoms with E-state index in [1.54, 1.807) is 13.8 Å². The van der Waals surface area contributed by atoms with E-state index in [0.717, 1.165) is 0 Å². The molecule has 0 fully saturated rings. The fourth-order valence-electron chi connectivity index (χ4n) is 3.13. The van der Waals surface area contributed by atoms with Gasteiger partial charge in [-0.25, -0.2) is 8.78 Å². The van der Waals surface area contributed by atoms with Gasteiger partial charge in [0.1, 0.15) is 12.1 Å². The van der Waals surface area contributed by atoms with E-state index in [4.69, 9.17) is 0 Å². The minimum Gasteiger partial charge on any atom is -0.391 e. The largest absolute Gasteiger partial charge is 0.391 e. The number of halogens is 2. The van der Waals surface area contributed by atoms with Crippen LogP contribution in [-0.4, -0.2) is 53.0 Å². The van der Waals surface area contributed by atoms with Gasteiger partial charge < -0.3 is 21.1 Å². The molecule has 0 aliphatic rings. The molecule has 0 aromatic heterocycles. The van der Waals surface area contributed by atoms with Crippen LogP contribution in [0.25, 0.3) is 0 Å². The lowest BCUT2D eigenvalue weighted by atomic mass is 9.98. The van der Waals surface area contributed by atoms with Crippen LogP contribution < -0.4 is 16.0 Å². The number of alkyl halides is 2. The minimum atomic E-state index is -3.21. The van der Waals surface area contributed by atoms with Crippen molar-refractivity contribution >= 4 is 17.7 Å². The topological polar surface area (TPSA) is 108 Å². The number of aliphatic hydroxyl groups excluding tert-OH is 1. The van der Waals surface area contributed by atoms with Crippen molar-refractivity contribution in [1.29, 1.82) is 0 Å². The normalized spacial score (nSPS) is 16.1. The van der Waals surface area contributed by atoms with Crippen molar-refractivity contribution in [3.05, 3.63) is 0 Å². The molecule has 182 valence electrons. The average molecular weight is 450 g/mol. The summed E-state index contributed by atoms with van der Waals surface area (Å²) in [7, 11) is 0. The van der Waals surface area contributed by atoms with Gasteiger partial charge in [0, 0.05) is 12.8 Å². The SMILES string of the molecule is CC(C)CC(=O)N[C@H](C(=O)N[C@@H](CC(C)(F)F)C(=O)N[C@@H](CC(C)C)[C@H](C)O)C(C)C. The Balaban J connectivity index is 5.49. The van der Waals surface area contributed by atoms with Crippen molar-refractivity contribution in [3.8, 4) is 0 Å². The lowest BCUT2D eigenvalue weighted by Crippen LogP contribution is -2.58. The Kier molecular flexibility index (Phi) is 12.2. The summed E-state index contributed by atoms with van der Waals surface area (Å²) in [5, 5.41) is 17.5. The summed E-state index contributed by atoms with van der Waals surface area (Å²) in [5.41, 5.74) is 0. The first kappa shape index (κ1) is 29.2. The van der Waals surface area contributed by atoms with Crippen LogP contribution in [-0.2, 0) is 14.4 Å². The van der Waals surface area contributed by atoms with Crippen LogP contribution in [0, 0.1) is 17.8 Å². The third kappa shape index (κ3) is 12.6. The Labute approximate surface area is 185 Å². The molecule has 0 saturated carbocycles. The first-order valence-electron chi connectivity index (χ1n) is 11.0. The van der Waals surface area contributed by atoms with E-state index in [1.807, 2.05) is 27.7 Å². The summed E-state index contributed by atoms with van der Waals surface area (Å²) in [4.78, 5) is 37.7. The number of rotatable bonds is 13. The molecule has 31 heavy (non-hydrogen) atoms. The predicted octanol–water partition coefficient (Wildman–Crippen LogP) is 2.62. The monoisotopic (exact) mass is 449 g/mol. The van der Waals surface area contributed by atoms with E-state index in [0.29, 0.717) is 13.3 Å². The highest BCUT2D eigenvalue weighted by Gasteiger charge is 2.36. The van der Waals surface area contributed by atoms with E-state index < -0.39 is 48.4 Å². The molecule has 0 aliphatic carbocycles. The molecular formula is C22H41F2N3O4. The molecule has 3 amide bonds. The number of aliphatic hydroxyl groups is 1. The van der Waals surface area contributed by atoms with E-state index in [-0.39, 0.29) is 30.1 Å². The van der Waals surface area contributed by atoms with Gasteiger partial charge in [0.05, 0.1) is 12.1 Å². The number of carbonyl (C=O) groups excluding carboxylic acids is 3. The third-order valence-electron chi connectivity index (χ3n) is 4.69. The average Bonchev–Trinajstić information content (AvgIpc) is 2.55. The maximum atomic E-state index is 13.8. The van der Waals surface area contributed by atoms with Gasteiger partial charge in [-0.15, -0.1) is 0 Å². The van der Waals surface area contributed by atoms with Crippen LogP contribution in [0.3, 0.4) is 0 Å². The lowest BCUT2D eigenvalue weighted by molar-refractivity contribution is -0.135. The zero-order valence-electron chi connectivity index (χ0n) is 20.1. The third-order valence-corrected chi connectivity index (χ3v) is 4.69. The van der Waals surface area contributed by atoms with Crippen molar-refractivity contribution in [2.24, 2.45) is 17.8 Å². The van der Waals surface area contributed by atoms with Gasteiger partial charge in [-0.2, -0.15) is 0 Å². The molecule has 0 unspecified atom stereocenters. The minimum absolute atomic E-state index is 0.0894. The fraction of sp³-hybridized carbons (Fsp3) is 0.864. The Morgan fingerprint density at radius 3 is 1.81 bits per heavy atom. The predicted molar refractivity (Wildman–Crippen MR) is 116 cm³/mol. The highest BCUT2D eigenvalue weighted by atomic mass is 19.3. The van der Waals surface area contributed by atoms with Gasteiger partial charge in [-0.3, -0.25) is 14.4 Å². The van der Waals surface area contributed by atoms with E-state index in [9.17, 15) is 28.3 Å². The van der Waals surface area contributed by atoms with Crippen molar-refractivity contribution < 1.29 is 28.3 Å². The van der Waals surface area contributed by atoms with E-state index in [1.165, 1.54) is 6.92 Å². The number of hydrogen-bond acceptors (Lipinski definition) is 4. The second-order valence-corrected chi connectivity index (χ2v) is 9.71. The molecule has 7 nitrogen and oxygen atoms in total. The smallest absolute Gasteiger partial charge is 0.247 e. The Bertz CT molecular complexity index is 590. The molecule has 4 N–H and O–H groups in total. The Morgan fingerprint density at radius 1 is 0.871 bits per heavy atom. The number of amides is 3. The van der Waals surface area contributed by atoms with Gasteiger partial charge in [0.25, 0.3) is 0 Å². The number of hydrogen-bond donors (Lipinski definition) is 4. The number of nitrogens with one attached hydrogen (secondary N) is 3. The van der Waals surface area contributed by atoms with Crippen LogP contribution in [0.4, 0.5) is 8.78 Å². The molecule has 0 spiro atoms. The molecular weight excluding hydrogens is 408 g/mol. The molecule has 0 aliphatic heterocycles. The highest BCUT2D eigenvalue weighted by Crippen LogP contribution is 2.20. The molecule has 0 radical (unpaired) electrons. The first-order valence-corrected chi connectivity index (χ1v) is 11.0. The number of carbonyl (C=O) groups is 3. The molecule has 0 rings (SSSR count). The molecule has 4 atom stereocenters. The summed E-state index contributed by atoms with van der Waals surface area (Å²) in [6.07, 6.45) is -1.11. The molecule has 0 saturated heterocycles. The van der Waals surface area contributed by atoms with Crippen molar-refractivity contribution in [2.75, 3.05) is 0 Å². The summed E-state index contributed by atoms with van der Waals surface area (Å²) in [6, 6.07) is -3.11. The fourth-order valence-corrected chi connectivity index (χ4v) is 3.13. The molecule has 0 aromatic carbocycles. The highest BCUT2D eigenvalue weighted by molar-refractivity contribution is 5.92. The lowest BCUT2D eigenvalue weighted by Gasteiger charge is -2.29. The summed E-state index contributed by atoms with van der Waals surface area (Å²) in [5.74, 6) is -5.09. The standard InChI is InChI=1S/C22H41F2N3O4/c1-12(2)9-16(15(7)28)25-20(30)17(11-22(8,23)24)26-21(31)19(14(5)6)27-18(29)10-13(3)4/h12-17,19,28H,9-11H2,1-8H3,(H,25,30)(H,26,31)(H,27,29)/t15-,16-,17-,19-/m0/s1. The Morgan fingerprint density at radius 2 is 1.42 bits per heavy atom. The second kappa shape index (κ2) is 12.9. The summed E-state index contributed by atoms with van der Waals surface area (Å²) in [6.45, 7) is 13.2. The van der Waals surface area contributed by atoms with Crippen LogP contribution in [0.2, 0.25) is 0 Å². The van der Waals surface area contributed by atoms with Crippen molar-refractivity contribution in [3.63, 3.8) is 0 Å². The second-order valence-electron chi connectivity index (χ2n) is 9.71. The zero-order chi connectivity index (χ0) is 24.5. The van der Waals surface area contributed by atoms with Crippen LogP contribution in [0.15, 0.2) is 0 Å². The Hall–Kier alpha value is -1.77.